The smallest absolute Gasteiger partial charge is 0.235 e. The van der Waals surface area contributed by atoms with Crippen LogP contribution in [-0.4, -0.2) is 70.8 Å². The Bertz CT molecular complexity index is 732. The molecule has 1 rings (SSSR count). The second kappa shape index (κ2) is 13.9. The van der Waals surface area contributed by atoms with E-state index in [4.69, 9.17) is 8.85 Å². The van der Waals surface area contributed by atoms with E-state index in [1.54, 1.807) is 0 Å². The van der Waals surface area contributed by atoms with Gasteiger partial charge in [-0.05, 0) is 33.2 Å². The van der Waals surface area contributed by atoms with Gasteiger partial charge in [0.2, 0.25) is 23.0 Å². The first-order valence-electron chi connectivity index (χ1n) is 16.2. The molecule has 0 radical (unpaired) electrons. The first kappa shape index (κ1) is 36.8. The molecule has 0 saturated carbocycles. The minimum absolute atomic E-state index is 0.125. The predicted molar refractivity (Wildman–Crippen MR) is 178 cm³/mol. The van der Waals surface area contributed by atoms with Crippen molar-refractivity contribution in [2.45, 2.75) is 170 Å². The van der Waals surface area contributed by atoms with Crippen LogP contribution in [0.3, 0.4) is 0 Å². The molecule has 0 saturated heterocycles. The summed E-state index contributed by atoms with van der Waals surface area (Å²) in [5, 5.41) is 0. The third-order valence-electron chi connectivity index (χ3n) is 10.1. The quantitative estimate of drug-likeness (QED) is 0.150. The highest BCUT2D eigenvalue weighted by Gasteiger charge is 2.49. The predicted octanol–water partition coefficient (Wildman–Crippen LogP) is 9.56. The van der Waals surface area contributed by atoms with Gasteiger partial charge in [0.15, 0.2) is 0 Å². The van der Waals surface area contributed by atoms with Crippen molar-refractivity contribution in [2.75, 3.05) is 26.3 Å². The van der Waals surface area contributed by atoms with Gasteiger partial charge in [-0.1, -0.05) is 125 Å². The lowest BCUT2D eigenvalue weighted by Crippen LogP contribution is -2.53. The highest BCUT2D eigenvalue weighted by molar-refractivity contribution is 6.78. The summed E-state index contributed by atoms with van der Waals surface area (Å²) in [5.41, 5.74) is 3.87. The van der Waals surface area contributed by atoms with E-state index in [-0.39, 0.29) is 10.8 Å². The molecule has 1 heterocycles. The monoisotopic (exact) mass is 584 g/mol. The topological polar surface area (TPSA) is 24.7 Å². The zero-order valence-corrected chi connectivity index (χ0v) is 31.7. The SMILES string of the molecule is CC(C)[Si](OC[C@@H](N1C=[N+]([C@H](CO[Si](C(C)C)(C(C)C)C(C)C)C(C)(C)C)CC1)C(C)(C)C)(C(C)C)C(C)C. The molecule has 0 unspecified atom stereocenters. The van der Waals surface area contributed by atoms with Gasteiger partial charge in [0.1, 0.15) is 25.2 Å². The molecule has 1 aliphatic rings. The lowest BCUT2D eigenvalue weighted by atomic mass is 9.86. The third-order valence-corrected chi connectivity index (χ3v) is 22.3. The summed E-state index contributed by atoms with van der Waals surface area (Å²) in [7, 11) is -3.85. The van der Waals surface area contributed by atoms with Crippen molar-refractivity contribution >= 4 is 23.0 Å². The lowest BCUT2D eigenvalue weighted by Gasteiger charge is -2.44. The van der Waals surface area contributed by atoms with Crippen LogP contribution in [0.5, 0.6) is 0 Å². The van der Waals surface area contributed by atoms with Crippen LogP contribution in [0, 0.1) is 10.8 Å². The van der Waals surface area contributed by atoms with Crippen LogP contribution >= 0.6 is 0 Å². The fourth-order valence-electron chi connectivity index (χ4n) is 8.14. The van der Waals surface area contributed by atoms with Gasteiger partial charge in [0.25, 0.3) is 0 Å². The molecule has 0 aromatic carbocycles. The molecule has 0 aliphatic carbocycles. The van der Waals surface area contributed by atoms with Crippen LogP contribution in [0.1, 0.15) is 125 Å². The molecule has 4 nitrogen and oxygen atoms in total. The van der Waals surface area contributed by atoms with E-state index in [1.165, 1.54) is 0 Å². The van der Waals surface area contributed by atoms with Crippen LogP contribution in [0.4, 0.5) is 0 Å². The highest BCUT2D eigenvalue weighted by Crippen LogP contribution is 2.44. The summed E-state index contributed by atoms with van der Waals surface area (Å²) in [6, 6.07) is 0.699. The van der Waals surface area contributed by atoms with Crippen molar-refractivity contribution in [3.05, 3.63) is 0 Å². The average molecular weight is 584 g/mol. The molecule has 39 heavy (non-hydrogen) atoms. The number of hydrogen-bond acceptors (Lipinski definition) is 3. The Morgan fingerprint density at radius 2 is 0.974 bits per heavy atom. The molecule has 0 bridgehead atoms. The van der Waals surface area contributed by atoms with Gasteiger partial charge in [0, 0.05) is 10.8 Å². The third kappa shape index (κ3) is 8.22. The Hall–Kier alpha value is -0.176. The Labute approximate surface area is 248 Å². The second-order valence-electron chi connectivity index (χ2n) is 16.6. The van der Waals surface area contributed by atoms with Crippen LogP contribution in [0.15, 0.2) is 0 Å². The van der Waals surface area contributed by atoms with E-state index >= 15 is 0 Å². The molecule has 0 N–H and O–H groups in total. The van der Waals surface area contributed by atoms with Gasteiger partial charge in [0.05, 0.1) is 13.2 Å². The number of hydrogen-bond donors (Lipinski definition) is 0. The zero-order chi connectivity index (χ0) is 30.7. The van der Waals surface area contributed by atoms with Gasteiger partial charge in [-0.25, -0.2) is 0 Å². The molecule has 1 aliphatic heterocycles. The van der Waals surface area contributed by atoms with E-state index in [0.717, 1.165) is 26.3 Å². The fourth-order valence-corrected chi connectivity index (χ4v) is 19.0. The second-order valence-corrected chi connectivity index (χ2v) is 27.5. The molecular formula is C33H71N2O2Si2+. The molecule has 0 aromatic rings. The molecule has 0 spiro atoms. The van der Waals surface area contributed by atoms with E-state index < -0.39 is 16.6 Å². The zero-order valence-electron chi connectivity index (χ0n) is 29.7. The van der Waals surface area contributed by atoms with Gasteiger partial charge in [-0.2, -0.15) is 0 Å². The summed E-state index contributed by atoms with van der Waals surface area (Å²) in [6.45, 7) is 46.8. The molecular weight excluding hydrogens is 513 g/mol. The summed E-state index contributed by atoms with van der Waals surface area (Å²) < 4.78 is 17.0. The largest absolute Gasteiger partial charge is 0.412 e. The van der Waals surface area contributed by atoms with E-state index in [1.807, 2.05) is 0 Å². The maximum Gasteiger partial charge on any atom is 0.235 e. The van der Waals surface area contributed by atoms with Crippen molar-refractivity contribution < 1.29 is 13.4 Å². The van der Waals surface area contributed by atoms with Crippen LogP contribution in [0.25, 0.3) is 0 Å². The van der Waals surface area contributed by atoms with Crippen LogP contribution < -0.4 is 0 Å². The molecule has 0 aromatic heterocycles. The fraction of sp³-hybridized carbons (Fsp3) is 0.970. The van der Waals surface area contributed by atoms with Crippen molar-refractivity contribution in [1.82, 2.24) is 4.90 Å². The minimum atomic E-state index is -1.92. The Morgan fingerprint density at radius 3 is 1.28 bits per heavy atom. The van der Waals surface area contributed by atoms with Crippen molar-refractivity contribution in [2.24, 2.45) is 10.8 Å². The summed E-state index contributed by atoms with van der Waals surface area (Å²) >= 11 is 0. The van der Waals surface area contributed by atoms with Crippen molar-refractivity contribution in [3.8, 4) is 0 Å². The van der Waals surface area contributed by atoms with E-state index in [0.29, 0.717) is 45.3 Å². The van der Waals surface area contributed by atoms with Gasteiger partial charge in [-0.3, -0.25) is 9.48 Å². The Morgan fingerprint density at radius 1 is 0.615 bits per heavy atom. The van der Waals surface area contributed by atoms with Crippen molar-refractivity contribution in [1.29, 1.82) is 0 Å². The summed E-state index contributed by atoms with van der Waals surface area (Å²) in [6.07, 6.45) is 2.45. The summed E-state index contributed by atoms with van der Waals surface area (Å²) in [5.74, 6) is 0. The first-order chi connectivity index (χ1) is 17.6. The molecule has 232 valence electrons. The highest BCUT2D eigenvalue weighted by atomic mass is 28.4. The molecule has 2 atom stereocenters. The number of rotatable bonds is 14. The Balaban J connectivity index is 3.34. The van der Waals surface area contributed by atoms with Gasteiger partial charge < -0.3 is 8.85 Å². The maximum absolute atomic E-state index is 7.19. The molecule has 0 fully saturated rings. The standard InChI is InChI=1S/C33H71N2O2Si2/c1-24(2)38(25(3)4,26(5)6)36-21-30(32(13,14)15)34-19-20-35(23-34)31(33(16,17)18)22-37-39(27(7)8,28(9)10)29(11)12/h23-31H,19-22H2,1-18H3/q+1/t30-,31-/m1/s1. The van der Waals surface area contributed by atoms with E-state index in [2.05, 4.69) is 140 Å². The molecule has 6 heteroatoms. The average Bonchev–Trinajstić information content (AvgIpc) is 3.19. The lowest BCUT2D eigenvalue weighted by molar-refractivity contribution is -0.571. The number of nitrogens with zero attached hydrogens (tertiary/aromatic N) is 2. The van der Waals surface area contributed by atoms with Crippen molar-refractivity contribution in [3.63, 3.8) is 0 Å². The maximum atomic E-state index is 7.19. The normalized spacial score (nSPS) is 17.9. The van der Waals surface area contributed by atoms with Gasteiger partial charge in [-0.15, -0.1) is 0 Å². The minimum Gasteiger partial charge on any atom is -0.412 e. The van der Waals surface area contributed by atoms with Crippen LogP contribution in [-0.2, 0) is 8.85 Å². The van der Waals surface area contributed by atoms with Crippen LogP contribution in [0.2, 0.25) is 33.2 Å². The van der Waals surface area contributed by atoms with Gasteiger partial charge >= 0.3 is 0 Å². The molecule has 0 amide bonds. The first-order valence-corrected chi connectivity index (χ1v) is 20.5. The summed E-state index contributed by atoms with van der Waals surface area (Å²) in [4.78, 5) is 2.61. The van der Waals surface area contributed by atoms with E-state index in [9.17, 15) is 0 Å². The Kier molecular flexibility index (Phi) is 13.1.